The third-order valence-corrected chi connectivity index (χ3v) is 3.28. The maximum atomic E-state index is 6.06. The van der Waals surface area contributed by atoms with Gasteiger partial charge >= 0.3 is 0 Å². The van der Waals surface area contributed by atoms with E-state index in [1.165, 1.54) is 0 Å². The normalized spacial score (nSPS) is 17.7. The average molecular weight is 252 g/mol. The molecule has 0 saturated carbocycles. The lowest BCUT2D eigenvalue weighted by Gasteiger charge is -2.25. The monoisotopic (exact) mass is 251 g/mol. The Labute approximate surface area is 105 Å². The summed E-state index contributed by atoms with van der Waals surface area (Å²) in [5.74, 6) is 0.745. The number of benzene rings is 1. The molecular weight excluding hydrogens is 238 g/mol. The Hall–Kier alpha value is -1.10. The van der Waals surface area contributed by atoms with E-state index in [9.17, 15) is 0 Å². The van der Waals surface area contributed by atoms with Gasteiger partial charge in [-0.3, -0.25) is 4.90 Å². The van der Waals surface area contributed by atoms with Crippen molar-refractivity contribution in [3.05, 3.63) is 29.1 Å². The molecule has 1 aliphatic heterocycles. The van der Waals surface area contributed by atoms with Crippen LogP contribution in [0.2, 0.25) is 5.02 Å². The molecular formula is C12H14ClN3O. The topological polar surface area (TPSA) is 41.3 Å². The molecule has 1 saturated heterocycles. The number of fused-ring (bicyclic) bond motifs is 1. The quantitative estimate of drug-likeness (QED) is 0.885. The first-order valence-corrected chi connectivity index (χ1v) is 6.18. The average Bonchev–Trinajstić information content (AvgIpc) is 2.74. The van der Waals surface area contributed by atoms with Crippen LogP contribution in [0.3, 0.4) is 0 Å². The number of oxazole rings is 1. The van der Waals surface area contributed by atoms with Crippen molar-refractivity contribution in [2.75, 3.05) is 26.2 Å². The van der Waals surface area contributed by atoms with E-state index in [1.807, 2.05) is 18.2 Å². The zero-order valence-corrected chi connectivity index (χ0v) is 10.2. The lowest BCUT2D eigenvalue weighted by molar-refractivity contribution is 0.214. The molecule has 2 heterocycles. The molecule has 1 N–H and O–H groups in total. The first kappa shape index (κ1) is 11.0. The number of hydrogen-bond acceptors (Lipinski definition) is 4. The number of nitrogens with one attached hydrogen (secondary N) is 1. The van der Waals surface area contributed by atoms with Crippen LogP contribution in [0.15, 0.2) is 22.6 Å². The number of halogens is 1. The summed E-state index contributed by atoms with van der Waals surface area (Å²) in [7, 11) is 0. The fourth-order valence-electron chi connectivity index (χ4n) is 2.09. The summed E-state index contributed by atoms with van der Waals surface area (Å²) in [4.78, 5) is 6.78. The molecule has 1 fully saturated rings. The second-order valence-electron chi connectivity index (χ2n) is 4.22. The fraction of sp³-hybridized carbons (Fsp3) is 0.417. The van der Waals surface area contributed by atoms with Crippen LogP contribution in [0.1, 0.15) is 5.89 Å². The van der Waals surface area contributed by atoms with Gasteiger partial charge in [0.15, 0.2) is 5.58 Å². The van der Waals surface area contributed by atoms with Crippen molar-refractivity contribution in [2.45, 2.75) is 6.54 Å². The second-order valence-corrected chi connectivity index (χ2v) is 4.63. The summed E-state index contributed by atoms with van der Waals surface area (Å²) in [5.41, 5.74) is 1.53. The third kappa shape index (κ3) is 2.29. The minimum absolute atomic E-state index is 0.626. The lowest BCUT2D eigenvalue weighted by Crippen LogP contribution is -2.42. The summed E-state index contributed by atoms with van der Waals surface area (Å²) < 4.78 is 5.70. The SMILES string of the molecule is Clc1cccc2nc(CN3CCNCC3)oc12. The molecule has 3 rings (SSSR count). The first-order valence-electron chi connectivity index (χ1n) is 5.80. The molecule has 2 aromatic rings. The molecule has 0 bridgehead atoms. The van der Waals surface area contributed by atoms with Gasteiger partial charge in [0, 0.05) is 26.2 Å². The highest BCUT2D eigenvalue weighted by atomic mass is 35.5. The van der Waals surface area contributed by atoms with Gasteiger partial charge in [-0.25, -0.2) is 4.98 Å². The maximum Gasteiger partial charge on any atom is 0.209 e. The van der Waals surface area contributed by atoms with Gasteiger partial charge < -0.3 is 9.73 Å². The fourth-order valence-corrected chi connectivity index (χ4v) is 2.30. The van der Waals surface area contributed by atoms with Crippen LogP contribution >= 0.6 is 11.6 Å². The smallest absolute Gasteiger partial charge is 0.209 e. The van der Waals surface area contributed by atoms with Crippen molar-refractivity contribution < 1.29 is 4.42 Å². The number of para-hydroxylation sites is 1. The Morgan fingerprint density at radius 3 is 2.94 bits per heavy atom. The van der Waals surface area contributed by atoms with Crippen LogP contribution < -0.4 is 5.32 Å². The molecule has 17 heavy (non-hydrogen) atoms. The molecule has 0 aliphatic carbocycles. The molecule has 90 valence electrons. The zero-order chi connectivity index (χ0) is 11.7. The van der Waals surface area contributed by atoms with E-state index in [4.69, 9.17) is 16.0 Å². The molecule has 0 radical (unpaired) electrons. The third-order valence-electron chi connectivity index (χ3n) is 2.98. The van der Waals surface area contributed by atoms with Gasteiger partial charge in [-0.05, 0) is 12.1 Å². The molecule has 0 atom stereocenters. The van der Waals surface area contributed by atoms with Crippen molar-refractivity contribution in [2.24, 2.45) is 0 Å². The van der Waals surface area contributed by atoms with Crippen molar-refractivity contribution >= 4 is 22.7 Å². The van der Waals surface area contributed by atoms with Gasteiger partial charge in [-0.2, -0.15) is 0 Å². The van der Waals surface area contributed by atoms with Crippen LogP contribution in [0.25, 0.3) is 11.1 Å². The van der Waals surface area contributed by atoms with Gasteiger partial charge in [0.1, 0.15) is 5.52 Å². The van der Waals surface area contributed by atoms with E-state index in [-0.39, 0.29) is 0 Å². The Bertz CT molecular complexity index is 519. The highest BCUT2D eigenvalue weighted by molar-refractivity contribution is 6.34. The van der Waals surface area contributed by atoms with Crippen LogP contribution in [0.5, 0.6) is 0 Å². The van der Waals surface area contributed by atoms with Gasteiger partial charge in [0.2, 0.25) is 5.89 Å². The van der Waals surface area contributed by atoms with Gasteiger partial charge in [0.25, 0.3) is 0 Å². The molecule has 1 aromatic carbocycles. The summed E-state index contributed by atoms with van der Waals surface area (Å²) in [5, 5.41) is 3.95. The number of nitrogens with zero attached hydrogens (tertiary/aromatic N) is 2. The summed E-state index contributed by atoms with van der Waals surface area (Å²) >= 11 is 6.06. The summed E-state index contributed by atoms with van der Waals surface area (Å²) in [6.45, 7) is 4.88. The lowest BCUT2D eigenvalue weighted by atomic mass is 10.3. The maximum absolute atomic E-state index is 6.06. The van der Waals surface area contributed by atoms with Crippen LogP contribution in [-0.4, -0.2) is 36.1 Å². The highest BCUT2D eigenvalue weighted by Crippen LogP contribution is 2.24. The van der Waals surface area contributed by atoms with Gasteiger partial charge in [-0.15, -0.1) is 0 Å². The van der Waals surface area contributed by atoms with Gasteiger partial charge in [0.05, 0.1) is 11.6 Å². The largest absolute Gasteiger partial charge is 0.438 e. The van der Waals surface area contributed by atoms with Crippen LogP contribution in [0, 0.1) is 0 Å². The molecule has 0 unspecified atom stereocenters. The minimum atomic E-state index is 0.626. The Morgan fingerprint density at radius 1 is 1.35 bits per heavy atom. The van der Waals surface area contributed by atoms with E-state index in [2.05, 4.69) is 15.2 Å². The van der Waals surface area contributed by atoms with E-state index in [0.717, 1.165) is 44.1 Å². The van der Waals surface area contributed by atoms with Crippen molar-refractivity contribution in [1.29, 1.82) is 0 Å². The summed E-state index contributed by atoms with van der Waals surface area (Å²) in [6, 6.07) is 5.64. The zero-order valence-electron chi connectivity index (χ0n) is 9.45. The predicted octanol–water partition coefficient (Wildman–Crippen LogP) is 1.89. The predicted molar refractivity (Wildman–Crippen MR) is 67.2 cm³/mol. The van der Waals surface area contributed by atoms with E-state index >= 15 is 0 Å². The minimum Gasteiger partial charge on any atom is -0.438 e. The second kappa shape index (κ2) is 4.64. The number of hydrogen-bond donors (Lipinski definition) is 1. The highest BCUT2D eigenvalue weighted by Gasteiger charge is 2.14. The van der Waals surface area contributed by atoms with E-state index < -0.39 is 0 Å². The molecule has 0 spiro atoms. The molecule has 1 aromatic heterocycles. The summed E-state index contributed by atoms with van der Waals surface area (Å²) in [6.07, 6.45) is 0. The Kier molecular flexibility index (Phi) is 3.01. The first-order chi connectivity index (χ1) is 8.33. The molecule has 1 aliphatic rings. The Balaban J connectivity index is 1.83. The molecule has 0 amide bonds. The molecule has 4 nitrogen and oxygen atoms in total. The van der Waals surface area contributed by atoms with Crippen LogP contribution in [-0.2, 0) is 6.54 Å². The van der Waals surface area contributed by atoms with Crippen molar-refractivity contribution in [3.63, 3.8) is 0 Å². The standard InChI is InChI=1S/C12H14ClN3O/c13-9-2-1-3-10-12(9)17-11(15-10)8-16-6-4-14-5-7-16/h1-3,14H,4-8H2. The van der Waals surface area contributed by atoms with Crippen molar-refractivity contribution in [3.8, 4) is 0 Å². The number of rotatable bonds is 2. The Morgan fingerprint density at radius 2 is 2.18 bits per heavy atom. The van der Waals surface area contributed by atoms with E-state index in [1.54, 1.807) is 0 Å². The van der Waals surface area contributed by atoms with Crippen molar-refractivity contribution in [1.82, 2.24) is 15.2 Å². The van der Waals surface area contributed by atoms with Crippen LogP contribution in [0.4, 0.5) is 0 Å². The molecule has 5 heteroatoms. The number of aromatic nitrogens is 1. The number of piperazine rings is 1. The van der Waals surface area contributed by atoms with E-state index in [0.29, 0.717) is 10.6 Å². The van der Waals surface area contributed by atoms with Gasteiger partial charge in [-0.1, -0.05) is 17.7 Å².